The molecule has 1 rings (SSSR count). The lowest BCUT2D eigenvalue weighted by atomic mass is 10.2. The van der Waals surface area contributed by atoms with E-state index in [2.05, 4.69) is 10.0 Å². The largest absolute Gasteiger partial charge is 0.378 e. The molecular weight excluding hydrogens is 265 g/mol. The Morgan fingerprint density at radius 3 is 2.67 bits per heavy atom. The maximum absolute atomic E-state index is 12.8. The Morgan fingerprint density at radius 2 is 2.11 bits per heavy atom. The van der Waals surface area contributed by atoms with E-state index in [1.54, 1.807) is 0 Å². The van der Waals surface area contributed by atoms with Crippen molar-refractivity contribution in [2.45, 2.75) is 0 Å². The summed E-state index contributed by atoms with van der Waals surface area (Å²) in [7, 11) is -2.11. The van der Waals surface area contributed by atoms with Crippen molar-refractivity contribution in [2.24, 2.45) is 0 Å². The fourth-order valence-corrected chi connectivity index (χ4v) is 1.80. The van der Waals surface area contributed by atoms with Gasteiger partial charge in [-0.3, -0.25) is 10.1 Å². The first-order valence-corrected chi connectivity index (χ1v) is 6.60. The number of hydrogen-bond donors (Lipinski definition) is 2. The first-order valence-electron chi connectivity index (χ1n) is 4.95. The number of hydrogen-bond acceptors (Lipinski definition) is 5. The number of anilines is 1. The Labute approximate surface area is 103 Å². The summed E-state index contributed by atoms with van der Waals surface area (Å²) in [4.78, 5) is 9.92. The Balaban J connectivity index is 2.77. The van der Waals surface area contributed by atoms with Crippen LogP contribution in [0.25, 0.3) is 0 Å². The van der Waals surface area contributed by atoms with Gasteiger partial charge in [0.05, 0.1) is 16.7 Å². The Morgan fingerprint density at radius 1 is 1.44 bits per heavy atom. The number of sulfonamides is 1. The van der Waals surface area contributed by atoms with Gasteiger partial charge in [-0.05, 0) is 19.2 Å². The topological polar surface area (TPSA) is 101 Å². The molecule has 18 heavy (non-hydrogen) atoms. The Hall–Kier alpha value is -1.74. The van der Waals surface area contributed by atoms with Crippen LogP contribution >= 0.6 is 0 Å². The second kappa shape index (κ2) is 5.74. The molecule has 0 aliphatic rings. The van der Waals surface area contributed by atoms with Gasteiger partial charge < -0.3 is 5.32 Å². The van der Waals surface area contributed by atoms with Gasteiger partial charge in [-0.2, -0.15) is 0 Å². The molecule has 0 fully saturated rings. The second-order valence-corrected chi connectivity index (χ2v) is 5.41. The predicted octanol–water partition coefficient (Wildman–Crippen LogP) is 0.695. The second-order valence-electron chi connectivity index (χ2n) is 3.37. The maximum Gasteiger partial charge on any atom is 0.295 e. The summed E-state index contributed by atoms with van der Waals surface area (Å²) < 4.78 is 37.2. The van der Waals surface area contributed by atoms with Crippen molar-refractivity contribution in [3.63, 3.8) is 0 Å². The minimum Gasteiger partial charge on any atom is -0.378 e. The van der Waals surface area contributed by atoms with Crippen molar-refractivity contribution in [2.75, 3.05) is 24.7 Å². The molecule has 0 aliphatic carbocycles. The number of nitro groups is 1. The summed E-state index contributed by atoms with van der Waals surface area (Å²) >= 11 is 0. The highest BCUT2D eigenvalue weighted by atomic mass is 32.2. The molecule has 0 aromatic heterocycles. The van der Waals surface area contributed by atoms with Crippen LogP contribution in [-0.4, -0.2) is 32.7 Å². The summed E-state index contributed by atoms with van der Waals surface area (Å²) in [5.41, 5.74) is -0.357. The molecule has 0 radical (unpaired) electrons. The van der Waals surface area contributed by atoms with E-state index < -0.39 is 26.5 Å². The third-order valence-corrected chi connectivity index (χ3v) is 3.52. The maximum atomic E-state index is 12.8. The molecule has 0 spiro atoms. The smallest absolute Gasteiger partial charge is 0.295 e. The zero-order valence-electron chi connectivity index (χ0n) is 9.51. The van der Waals surface area contributed by atoms with Gasteiger partial charge in [0.25, 0.3) is 5.69 Å². The van der Waals surface area contributed by atoms with E-state index in [4.69, 9.17) is 0 Å². The molecule has 2 N–H and O–H groups in total. The summed E-state index contributed by atoms with van der Waals surface area (Å²) in [6.45, 7) is -0.0182. The van der Waals surface area contributed by atoms with E-state index in [-0.39, 0.29) is 18.0 Å². The highest BCUT2D eigenvalue weighted by Crippen LogP contribution is 2.24. The van der Waals surface area contributed by atoms with E-state index in [1.807, 2.05) is 0 Å². The molecule has 1 aromatic carbocycles. The van der Waals surface area contributed by atoms with Gasteiger partial charge in [0.1, 0.15) is 11.5 Å². The SMILES string of the molecule is CNS(=O)(=O)CCNc1ccc(F)cc1[N+](=O)[O-]. The molecule has 0 saturated carbocycles. The number of rotatable bonds is 6. The predicted molar refractivity (Wildman–Crippen MR) is 64.4 cm³/mol. The molecule has 0 bridgehead atoms. The molecule has 9 heteroatoms. The summed E-state index contributed by atoms with van der Waals surface area (Å²) in [6.07, 6.45) is 0. The molecule has 0 aliphatic heterocycles. The average Bonchev–Trinajstić information content (AvgIpc) is 2.30. The third-order valence-electron chi connectivity index (χ3n) is 2.15. The van der Waals surface area contributed by atoms with Crippen molar-refractivity contribution in [3.05, 3.63) is 34.1 Å². The van der Waals surface area contributed by atoms with Crippen molar-refractivity contribution < 1.29 is 17.7 Å². The molecule has 0 unspecified atom stereocenters. The van der Waals surface area contributed by atoms with Gasteiger partial charge in [0.15, 0.2) is 0 Å². The zero-order chi connectivity index (χ0) is 13.8. The van der Waals surface area contributed by atoms with Gasteiger partial charge in [-0.25, -0.2) is 17.5 Å². The van der Waals surface area contributed by atoms with Crippen molar-refractivity contribution in [3.8, 4) is 0 Å². The van der Waals surface area contributed by atoms with Crippen LogP contribution in [0.1, 0.15) is 0 Å². The molecular formula is C9H12FN3O4S. The van der Waals surface area contributed by atoms with Crippen LogP contribution in [0.2, 0.25) is 0 Å². The zero-order valence-corrected chi connectivity index (χ0v) is 10.3. The number of nitrogens with one attached hydrogen (secondary N) is 2. The molecule has 0 amide bonds. The van der Waals surface area contributed by atoms with Gasteiger partial charge in [0.2, 0.25) is 10.0 Å². The molecule has 0 saturated heterocycles. The fraction of sp³-hybridized carbons (Fsp3) is 0.333. The van der Waals surface area contributed by atoms with Crippen LogP contribution in [-0.2, 0) is 10.0 Å². The number of nitrogens with zero attached hydrogens (tertiary/aromatic N) is 1. The first kappa shape index (κ1) is 14.3. The molecule has 100 valence electrons. The van der Waals surface area contributed by atoms with Crippen LogP contribution in [0, 0.1) is 15.9 Å². The number of benzene rings is 1. The first-order chi connectivity index (χ1) is 8.35. The third kappa shape index (κ3) is 3.93. The highest BCUT2D eigenvalue weighted by molar-refractivity contribution is 7.89. The minimum absolute atomic E-state index is 0.0182. The van der Waals surface area contributed by atoms with Gasteiger partial charge >= 0.3 is 0 Å². The highest BCUT2D eigenvalue weighted by Gasteiger charge is 2.15. The van der Waals surface area contributed by atoms with Crippen LogP contribution in [0.3, 0.4) is 0 Å². The normalized spacial score (nSPS) is 11.2. The van der Waals surface area contributed by atoms with E-state index in [0.717, 1.165) is 12.1 Å². The number of nitro benzene ring substituents is 1. The lowest BCUT2D eigenvalue weighted by Gasteiger charge is -2.07. The Bertz CT molecular complexity index is 547. The summed E-state index contributed by atoms with van der Waals surface area (Å²) in [6, 6.07) is 3.02. The van der Waals surface area contributed by atoms with Crippen molar-refractivity contribution >= 4 is 21.4 Å². The summed E-state index contributed by atoms with van der Waals surface area (Å²) in [5, 5.41) is 13.2. The van der Waals surface area contributed by atoms with E-state index >= 15 is 0 Å². The van der Waals surface area contributed by atoms with E-state index in [0.29, 0.717) is 0 Å². The van der Waals surface area contributed by atoms with Crippen LogP contribution < -0.4 is 10.0 Å². The molecule has 1 aromatic rings. The van der Waals surface area contributed by atoms with Crippen LogP contribution in [0.15, 0.2) is 18.2 Å². The standard InChI is InChI=1S/C9H12FN3O4S/c1-11-18(16,17)5-4-12-8-3-2-7(10)6-9(8)13(14)15/h2-3,6,11-12H,4-5H2,1H3. The lowest BCUT2D eigenvalue weighted by molar-refractivity contribution is -0.384. The van der Waals surface area contributed by atoms with Gasteiger partial charge in [0, 0.05) is 6.54 Å². The van der Waals surface area contributed by atoms with Gasteiger partial charge in [-0.1, -0.05) is 0 Å². The van der Waals surface area contributed by atoms with Crippen molar-refractivity contribution in [1.29, 1.82) is 0 Å². The van der Waals surface area contributed by atoms with Crippen LogP contribution in [0.5, 0.6) is 0 Å². The van der Waals surface area contributed by atoms with E-state index in [9.17, 15) is 22.9 Å². The van der Waals surface area contributed by atoms with Crippen molar-refractivity contribution in [1.82, 2.24) is 4.72 Å². The molecule has 7 nitrogen and oxygen atoms in total. The molecule has 0 atom stereocenters. The number of halogens is 1. The quantitative estimate of drug-likeness (QED) is 0.588. The summed E-state index contributed by atoms with van der Waals surface area (Å²) in [5.74, 6) is -0.965. The lowest BCUT2D eigenvalue weighted by Crippen LogP contribution is -2.26. The molecule has 0 heterocycles. The Kier molecular flexibility index (Phi) is 4.56. The average molecular weight is 277 g/mol. The monoisotopic (exact) mass is 277 g/mol. The fourth-order valence-electron chi connectivity index (χ4n) is 1.23. The van der Waals surface area contributed by atoms with E-state index in [1.165, 1.54) is 13.1 Å². The van der Waals surface area contributed by atoms with Crippen LogP contribution in [0.4, 0.5) is 15.8 Å². The van der Waals surface area contributed by atoms with Gasteiger partial charge in [-0.15, -0.1) is 0 Å². The minimum atomic E-state index is -3.39.